The second kappa shape index (κ2) is 6.29. The number of hydrogen-bond acceptors (Lipinski definition) is 5. The van der Waals surface area contributed by atoms with Gasteiger partial charge in [-0.25, -0.2) is 0 Å². The Labute approximate surface area is 157 Å². The minimum absolute atomic E-state index is 0. The first-order chi connectivity index (χ1) is 12.2. The third kappa shape index (κ3) is 2.36. The number of amidine groups is 1. The lowest BCUT2D eigenvalue weighted by Gasteiger charge is -2.43. The van der Waals surface area contributed by atoms with Gasteiger partial charge in [-0.2, -0.15) is 0 Å². The highest BCUT2D eigenvalue weighted by atomic mass is 35.5. The summed E-state index contributed by atoms with van der Waals surface area (Å²) in [4.78, 5) is 20.2. The fraction of sp³-hybridized carbons (Fsp3) is 0.316. The molecule has 7 heteroatoms. The van der Waals surface area contributed by atoms with E-state index < -0.39 is 0 Å². The number of anilines is 1. The molecule has 3 aliphatic rings. The Hall–Kier alpha value is -2.60. The van der Waals surface area contributed by atoms with E-state index in [4.69, 9.17) is 4.99 Å². The molecule has 0 N–H and O–H groups in total. The van der Waals surface area contributed by atoms with Crippen LogP contribution >= 0.6 is 12.4 Å². The molecule has 3 heterocycles. The van der Waals surface area contributed by atoms with Crippen LogP contribution in [-0.2, 0) is 0 Å². The maximum Gasteiger partial charge on any atom is 0.269 e. The summed E-state index contributed by atoms with van der Waals surface area (Å²) in [6, 6.07) is 15.6. The Bertz CT molecular complexity index is 883. The summed E-state index contributed by atoms with van der Waals surface area (Å²) in [5.74, 6) is 1.43. The van der Waals surface area contributed by atoms with Crippen LogP contribution in [0.25, 0.3) is 0 Å². The second-order valence-electron chi connectivity index (χ2n) is 6.77. The number of nitrogens with zero attached hydrogens (tertiary/aromatic N) is 4. The van der Waals surface area contributed by atoms with E-state index in [-0.39, 0.29) is 29.2 Å². The van der Waals surface area contributed by atoms with Gasteiger partial charge in [0, 0.05) is 42.4 Å². The third-order valence-corrected chi connectivity index (χ3v) is 5.54. The van der Waals surface area contributed by atoms with Gasteiger partial charge in [0.25, 0.3) is 5.69 Å². The number of fused-ring (bicyclic) bond motifs is 6. The van der Waals surface area contributed by atoms with Gasteiger partial charge in [0.1, 0.15) is 12.0 Å². The predicted molar refractivity (Wildman–Crippen MR) is 103 cm³/mol. The van der Waals surface area contributed by atoms with Crippen LogP contribution in [0.1, 0.15) is 23.5 Å². The summed E-state index contributed by atoms with van der Waals surface area (Å²) in [5.41, 5.74) is 3.80. The van der Waals surface area contributed by atoms with Crippen molar-refractivity contribution in [2.75, 3.05) is 24.5 Å². The Morgan fingerprint density at radius 2 is 1.81 bits per heavy atom. The van der Waals surface area contributed by atoms with Crippen molar-refractivity contribution in [3.63, 3.8) is 0 Å². The number of benzene rings is 2. The summed E-state index contributed by atoms with van der Waals surface area (Å²) in [5, 5.41) is 10.9. The molecule has 2 aromatic carbocycles. The SMILES string of the molecule is Cl.O=[N+]([O-])c1ccc(C2CCN3c4ccccc4C4=NCCN4C23)cc1. The molecule has 1 fully saturated rings. The zero-order chi connectivity index (χ0) is 17.0. The zero-order valence-corrected chi connectivity index (χ0v) is 14.9. The largest absolute Gasteiger partial charge is 0.350 e. The molecule has 0 radical (unpaired) electrons. The molecule has 134 valence electrons. The van der Waals surface area contributed by atoms with Crippen LogP contribution in [0.3, 0.4) is 0 Å². The Kier molecular flexibility index (Phi) is 4.07. The average molecular weight is 371 g/mol. The van der Waals surface area contributed by atoms with Gasteiger partial charge in [0.15, 0.2) is 0 Å². The Balaban J connectivity index is 0.00000168. The van der Waals surface area contributed by atoms with Gasteiger partial charge in [-0.15, -0.1) is 12.4 Å². The number of halogens is 1. The lowest BCUT2D eigenvalue weighted by molar-refractivity contribution is -0.384. The van der Waals surface area contributed by atoms with Crippen LogP contribution in [0, 0.1) is 10.1 Å². The highest BCUT2D eigenvalue weighted by molar-refractivity contribution is 6.06. The van der Waals surface area contributed by atoms with Gasteiger partial charge in [0.2, 0.25) is 0 Å². The summed E-state index contributed by atoms with van der Waals surface area (Å²) in [6.07, 6.45) is 1.29. The summed E-state index contributed by atoms with van der Waals surface area (Å²) >= 11 is 0. The molecule has 0 spiro atoms. The van der Waals surface area contributed by atoms with Crippen LogP contribution in [0.15, 0.2) is 53.5 Å². The first-order valence-electron chi connectivity index (χ1n) is 8.65. The van der Waals surface area contributed by atoms with Crippen LogP contribution in [-0.4, -0.2) is 41.5 Å². The molecule has 26 heavy (non-hydrogen) atoms. The highest BCUT2D eigenvalue weighted by Crippen LogP contribution is 2.44. The zero-order valence-electron chi connectivity index (χ0n) is 14.1. The number of para-hydroxylation sites is 1. The quantitative estimate of drug-likeness (QED) is 0.600. The number of nitro benzene ring substituents is 1. The standard InChI is InChI=1S/C19H18N4O2.ClH/c24-23(25)14-7-5-13(6-8-14)15-9-11-21-17-4-2-1-3-16(17)18-20-10-12-22(18)19(15)21;/h1-8,15,19H,9-12H2;1H. The van der Waals surface area contributed by atoms with Crippen molar-refractivity contribution in [3.05, 3.63) is 69.8 Å². The van der Waals surface area contributed by atoms with Gasteiger partial charge in [-0.05, 0) is 24.1 Å². The van der Waals surface area contributed by atoms with Gasteiger partial charge in [0.05, 0.1) is 11.5 Å². The molecular weight excluding hydrogens is 352 g/mol. The molecule has 1 saturated heterocycles. The van der Waals surface area contributed by atoms with Gasteiger partial charge in [-0.1, -0.05) is 24.3 Å². The van der Waals surface area contributed by atoms with Gasteiger partial charge >= 0.3 is 0 Å². The first-order valence-corrected chi connectivity index (χ1v) is 8.65. The first kappa shape index (κ1) is 16.8. The van der Waals surface area contributed by atoms with E-state index in [1.54, 1.807) is 12.1 Å². The van der Waals surface area contributed by atoms with Crippen LogP contribution < -0.4 is 4.90 Å². The van der Waals surface area contributed by atoms with E-state index in [2.05, 4.69) is 34.1 Å². The van der Waals surface area contributed by atoms with E-state index in [9.17, 15) is 10.1 Å². The number of nitro groups is 1. The lowest BCUT2D eigenvalue weighted by atomic mass is 9.93. The van der Waals surface area contributed by atoms with Crippen molar-refractivity contribution in [1.82, 2.24) is 4.90 Å². The summed E-state index contributed by atoms with van der Waals surface area (Å²) in [7, 11) is 0. The van der Waals surface area contributed by atoms with Crippen LogP contribution in [0.5, 0.6) is 0 Å². The number of hydrogen-bond donors (Lipinski definition) is 0. The van der Waals surface area contributed by atoms with Crippen LogP contribution in [0.2, 0.25) is 0 Å². The molecule has 0 aliphatic carbocycles. The topological polar surface area (TPSA) is 62.0 Å². The van der Waals surface area contributed by atoms with Crippen molar-refractivity contribution in [2.24, 2.45) is 4.99 Å². The minimum atomic E-state index is -0.340. The summed E-state index contributed by atoms with van der Waals surface area (Å²) < 4.78 is 0. The van der Waals surface area contributed by atoms with E-state index >= 15 is 0 Å². The Morgan fingerprint density at radius 3 is 2.58 bits per heavy atom. The number of rotatable bonds is 2. The van der Waals surface area contributed by atoms with Crippen molar-refractivity contribution in [3.8, 4) is 0 Å². The smallest absolute Gasteiger partial charge is 0.269 e. The molecule has 3 aliphatic heterocycles. The fourth-order valence-corrected chi connectivity index (χ4v) is 4.48. The number of non-ortho nitro benzene ring substituents is 1. The lowest BCUT2D eigenvalue weighted by Crippen LogP contribution is -2.53. The average Bonchev–Trinajstić information content (AvgIpc) is 3.29. The molecule has 0 amide bonds. The van der Waals surface area contributed by atoms with Gasteiger partial charge in [-0.3, -0.25) is 15.1 Å². The molecule has 2 atom stereocenters. The van der Waals surface area contributed by atoms with E-state index in [0.717, 1.165) is 31.9 Å². The molecule has 0 aromatic heterocycles. The minimum Gasteiger partial charge on any atom is -0.350 e. The van der Waals surface area contributed by atoms with E-state index in [1.807, 2.05) is 12.1 Å². The van der Waals surface area contributed by atoms with Crippen LogP contribution in [0.4, 0.5) is 11.4 Å². The summed E-state index contributed by atoms with van der Waals surface area (Å²) in [6.45, 7) is 2.77. The van der Waals surface area contributed by atoms with Gasteiger partial charge < -0.3 is 9.80 Å². The molecular formula is C19H19ClN4O2. The Morgan fingerprint density at radius 1 is 1.04 bits per heavy atom. The van der Waals surface area contributed by atoms with E-state index in [1.165, 1.54) is 16.8 Å². The van der Waals surface area contributed by atoms with Crippen molar-refractivity contribution in [2.45, 2.75) is 18.5 Å². The predicted octanol–water partition coefficient (Wildman–Crippen LogP) is 3.41. The molecule has 5 rings (SSSR count). The fourth-order valence-electron chi connectivity index (χ4n) is 4.48. The molecule has 2 unspecified atom stereocenters. The second-order valence-corrected chi connectivity index (χ2v) is 6.77. The highest BCUT2D eigenvalue weighted by Gasteiger charge is 2.46. The van der Waals surface area contributed by atoms with Crippen molar-refractivity contribution in [1.29, 1.82) is 0 Å². The third-order valence-electron chi connectivity index (χ3n) is 5.54. The molecule has 6 nitrogen and oxygen atoms in total. The molecule has 0 saturated carbocycles. The normalized spacial score (nSPS) is 22.8. The maximum absolute atomic E-state index is 10.9. The molecule has 2 aromatic rings. The maximum atomic E-state index is 10.9. The number of aliphatic imine (C=N–C) groups is 1. The molecule has 0 bridgehead atoms. The van der Waals surface area contributed by atoms with Crippen molar-refractivity contribution < 1.29 is 4.92 Å². The van der Waals surface area contributed by atoms with E-state index in [0.29, 0.717) is 5.92 Å². The van der Waals surface area contributed by atoms with Crippen molar-refractivity contribution >= 4 is 29.6 Å². The monoisotopic (exact) mass is 370 g/mol.